The van der Waals surface area contributed by atoms with Crippen LogP contribution < -0.4 is 5.73 Å². The molecule has 0 saturated heterocycles. The molecule has 0 aromatic heterocycles. The highest BCUT2D eigenvalue weighted by molar-refractivity contribution is 5.76. The molecule has 0 radical (unpaired) electrons. The number of benzene rings is 2. The Hall–Kier alpha value is -3.06. The van der Waals surface area contributed by atoms with Gasteiger partial charge in [0, 0.05) is 23.1 Å². The van der Waals surface area contributed by atoms with E-state index >= 15 is 0 Å². The lowest BCUT2D eigenvalue weighted by Crippen LogP contribution is -2.14. The Bertz CT molecular complexity index is 1030. The van der Waals surface area contributed by atoms with Gasteiger partial charge in [0.2, 0.25) is 0 Å². The minimum absolute atomic E-state index is 0.247. The van der Waals surface area contributed by atoms with E-state index in [2.05, 4.69) is 75.9 Å². The summed E-state index contributed by atoms with van der Waals surface area (Å²) in [6.45, 7) is 16.8. The van der Waals surface area contributed by atoms with Crippen LogP contribution in [0.3, 0.4) is 0 Å². The fraction of sp³-hybridized carbons (Fsp3) is 0.267. The third-order valence-corrected chi connectivity index (χ3v) is 5.90. The van der Waals surface area contributed by atoms with Crippen LogP contribution >= 0.6 is 0 Å². The van der Waals surface area contributed by atoms with Crippen molar-refractivity contribution in [2.24, 2.45) is 5.73 Å². The van der Waals surface area contributed by atoms with Crippen molar-refractivity contribution in [1.82, 2.24) is 0 Å². The van der Waals surface area contributed by atoms with Gasteiger partial charge in [-0.2, -0.15) is 0 Å². The topological polar surface area (TPSA) is 26.0 Å². The summed E-state index contributed by atoms with van der Waals surface area (Å²) in [5, 5.41) is 0. The molecule has 0 atom stereocenters. The van der Waals surface area contributed by atoms with Crippen LogP contribution in [0.4, 0.5) is 0 Å². The van der Waals surface area contributed by atoms with Crippen LogP contribution in [0.1, 0.15) is 64.7 Å². The molecule has 2 aliphatic rings. The standard InChI is InChI=1S/C16H17N.C12H14.C2H6/c1-3-7-12(2)15-10-14(11-16(15)17)13-8-5-4-6-9-13;1-9-8-10-6-4-5-7-11(10)12(9,2)3;1-2/h3-10H,2,11,17H2,1H3;4-8H,1-3H3;1-2H3/b7-3-;;. The summed E-state index contributed by atoms with van der Waals surface area (Å²) in [5.74, 6) is 0. The van der Waals surface area contributed by atoms with Gasteiger partial charge in [0.15, 0.2) is 0 Å². The fourth-order valence-corrected chi connectivity index (χ4v) is 3.86. The summed E-state index contributed by atoms with van der Waals surface area (Å²) in [6, 6.07) is 19.0. The van der Waals surface area contributed by atoms with E-state index in [1.54, 1.807) is 0 Å². The summed E-state index contributed by atoms with van der Waals surface area (Å²) < 4.78 is 0. The molecule has 0 heterocycles. The van der Waals surface area contributed by atoms with E-state index in [0.717, 1.165) is 23.3 Å². The van der Waals surface area contributed by atoms with Crippen molar-refractivity contribution in [2.75, 3.05) is 0 Å². The molecular formula is C30H37N. The first kappa shape index (κ1) is 24.2. The van der Waals surface area contributed by atoms with E-state index in [4.69, 9.17) is 5.73 Å². The molecule has 0 amide bonds. The number of rotatable bonds is 3. The van der Waals surface area contributed by atoms with Gasteiger partial charge < -0.3 is 5.73 Å². The van der Waals surface area contributed by atoms with Crippen LogP contribution in [-0.4, -0.2) is 0 Å². The van der Waals surface area contributed by atoms with Crippen molar-refractivity contribution in [1.29, 1.82) is 0 Å². The molecule has 2 aromatic rings. The first-order chi connectivity index (χ1) is 14.8. The molecule has 0 spiro atoms. The lowest BCUT2D eigenvalue weighted by atomic mass is 9.82. The quantitative estimate of drug-likeness (QED) is 0.506. The second-order valence-corrected chi connectivity index (χ2v) is 8.22. The molecule has 1 nitrogen and oxygen atoms in total. The molecule has 0 bridgehead atoms. The smallest absolute Gasteiger partial charge is 0.0205 e. The molecule has 162 valence electrons. The van der Waals surface area contributed by atoms with Gasteiger partial charge in [0.05, 0.1) is 0 Å². The number of hydrogen-bond acceptors (Lipinski definition) is 1. The molecule has 4 rings (SSSR count). The SMILES string of the molecule is C=C(/C=C\C)C1=C(N)CC(c2ccccc2)=C1.CC.CC1=Cc2ccccc2C1(C)C. The zero-order valence-electron chi connectivity index (χ0n) is 20.0. The molecule has 31 heavy (non-hydrogen) atoms. The summed E-state index contributed by atoms with van der Waals surface area (Å²) in [7, 11) is 0. The molecule has 2 aliphatic carbocycles. The summed E-state index contributed by atoms with van der Waals surface area (Å²) >= 11 is 0. The first-order valence-corrected chi connectivity index (χ1v) is 11.2. The van der Waals surface area contributed by atoms with Crippen molar-refractivity contribution in [3.05, 3.63) is 119 Å². The molecule has 1 heteroatoms. The van der Waals surface area contributed by atoms with Gasteiger partial charge in [-0.25, -0.2) is 0 Å². The van der Waals surface area contributed by atoms with E-state index in [1.165, 1.54) is 27.8 Å². The van der Waals surface area contributed by atoms with Crippen LogP contribution in [-0.2, 0) is 5.41 Å². The lowest BCUT2D eigenvalue weighted by Gasteiger charge is -2.21. The number of allylic oxidation sites excluding steroid dienone is 7. The van der Waals surface area contributed by atoms with Crippen LogP contribution in [0.2, 0.25) is 0 Å². The molecule has 0 unspecified atom stereocenters. The minimum atomic E-state index is 0.247. The van der Waals surface area contributed by atoms with Gasteiger partial charge in [0.1, 0.15) is 0 Å². The molecule has 2 aromatic carbocycles. The van der Waals surface area contributed by atoms with E-state index in [-0.39, 0.29) is 5.41 Å². The van der Waals surface area contributed by atoms with Crippen molar-refractivity contribution < 1.29 is 0 Å². The summed E-state index contributed by atoms with van der Waals surface area (Å²) in [5.41, 5.74) is 16.1. The Kier molecular flexibility index (Phi) is 8.45. The highest BCUT2D eigenvalue weighted by Crippen LogP contribution is 2.40. The predicted molar refractivity (Wildman–Crippen MR) is 139 cm³/mol. The van der Waals surface area contributed by atoms with Gasteiger partial charge in [-0.1, -0.05) is 113 Å². The monoisotopic (exact) mass is 411 g/mol. The Balaban J connectivity index is 0.000000214. The van der Waals surface area contributed by atoms with Crippen LogP contribution in [0.15, 0.2) is 102 Å². The van der Waals surface area contributed by atoms with Crippen molar-refractivity contribution in [2.45, 2.75) is 53.4 Å². The highest BCUT2D eigenvalue weighted by Gasteiger charge is 2.29. The highest BCUT2D eigenvalue weighted by atomic mass is 14.6. The van der Waals surface area contributed by atoms with Crippen molar-refractivity contribution in [3.8, 4) is 0 Å². The van der Waals surface area contributed by atoms with E-state index in [0.29, 0.717) is 0 Å². The third-order valence-electron chi connectivity index (χ3n) is 5.90. The van der Waals surface area contributed by atoms with Crippen LogP contribution in [0.5, 0.6) is 0 Å². The second kappa shape index (κ2) is 10.8. The molecular weight excluding hydrogens is 374 g/mol. The predicted octanol–water partition coefficient (Wildman–Crippen LogP) is 8.23. The summed E-state index contributed by atoms with van der Waals surface area (Å²) in [4.78, 5) is 0. The fourth-order valence-electron chi connectivity index (χ4n) is 3.86. The van der Waals surface area contributed by atoms with Gasteiger partial charge in [-0.3, -0.25) is 0 Å². The lowest BCUT2D eigenvalue weighted by molar-refractivity contribution is 0.640. The zero-order chi connectivity index (χ0) is 23.0. The first-order valence-electron chi connectivity index (χ1n) is 11.2. The molecule has 0 fully saturated rings. The van der Waals surface area contributed by atoms with Gasteiger partial charge in [-0.05, 0) is 47.8 Å². The number of hydrogen-bond donors (Lipinski definition) is 1. The Labute approximate surface area is 189 Å². The van der Waals surface area contributed by atoms with E-state index in [1.807, 2.05) is 51.1 Å². The van der Waals surface area contributed by atoms with E-state index in [9.17, 15) is 0 Å². The van der Waals surface area contributed by atoms with Crippen molar-refractivity contribution in [3.63, 3.8) is 0 Å². The molecule has 0 saturated carbocycles. The zero-order valence-corrected chi connectivity index (χ0v) is 20.0. The normalized spacial score (nSPS) is 15.9. The van der Waals surface area contributed by atoms with Crippen molar-refractivity contribution >= 4 is 11.6 Å². The maximum Gasteiger partial charge on any atom is 0.0205 e. The van der Waals surface area contributed by atoms with Gasteiger partial charge in [-0.15, -0.1) is 0 Å². The Morgan fingerprint density at radius 2 is 1.58 bits per heavy atom. The van der Waals surface area contributed by atoms with Crippen LogP contribution in [0.25, 0.3) is 11.6 Å². The Morgan fingerprint density at radius 1 is 0.968 bits per heavy atom. The van der Waals surface area contributed by atoms with Gasteiger partial charge in [0.25, 0.3) is 0 Å². The number of nitrogens with two attached hydrogens (primary N) is 1. The third kappa shape index (κ3) is 5.55. The van der Waals surface area contributed by atoms with E-state index < -0.39 is 0 Å². The molecule has 0 aliphatic heterocycles. The maximum absolute atomic E-state index is 6.07. The minimum Gasteiger partial charge on any atom is -0.401 e. The van der Waals surface area contributed by atoms with Crippen LogP contribution in [0, 0.1) is 0 Å². The average molecular weight is 412 g/mol. The summed E-state index contributed by atoms with van der Waals surface area (Å²) in [6.07, 6.45) is 9.22. The Morgan fingerprint density at radius 3 is 2.19 bits per heavy atom. The average Bonchev–Trinajstić information content (AvgIpc) is 3.28. The maximum atomic E-state index is 6.07. The molecule has 2 N–H and O–H groups in total. The van der Waals surface area contributed by atoms with Gasteiger partial charge >= 0.3 is 0 Å². The largest absolute Gasteiger partial charge is 0.401 e. The number of fused-ring (bicyclic) bond motifs is 1. The second-order valence-electron chi connectivity index (χ2n) is 8.22.